The molecule has 0 saturated carbocycles. The molecular weight excluding hydrogens is 495 g/mol. The van der Waals surface area contributed by atoms with Crippen LogP contribution in [0.3, 0.4) is 0 Å². The summed E-state index contributed by atoms with van der Waals surface area (Å²) in [7, 11) is 0. The maximum absolute atomic E-state index is 5.98. The lowest BCUT2D eigenvalue weighted by Crippen LogP contribution is -2.37. The van der Waals surface area contributed by atoms with Crippen LogP contribution in [0.1, 0.15) is 12.3 Å². The number of nitrogens with zero attached hydrogens (tertiary/aromatic N) is 4. The number of aliphatic imine (C=N–C) groups is 1. The van der Waals surface area contributed by atoms with E-state index in [0.717, 1.165) is 44.8 Å². The monoisotopic (exact) mass is 520 g/mol. The molecular formula is C18H26ClIN6O2. The van der Waals surface area contributed by atoms with Crippen molar-refractivity contribution in [3.63, 3.8) is 0 Å². The second-order valence-corrected chi connectivity index (χ2v) is 6.71. The van der Waals surface area contributed by atoms with E-state index in [1.165, 1.54) is 0 Å². The molecule has 1 fully saturated rings. The van der Waals surface area contributed by atoms with E-state index in [-0.39, 0.29) is 24.0 Å². The number of ether oxygens (including phenoxy) is 1. The molecule has 28 heavy (non-hydrogen) atoms. The van der Waals surface area contributed by atoms with Gasteiger partial charge >= 0.3 is 0 Å². The molecule has 8 nitrogen and oxygen atoms in total. The highest BCUT2D eigenvalue weighted by Crippen LogP contribution is 2.19. The van der Waals surface area contributed by atoms with Crippen molar-refractivity contribution in [3.05, 3.63) is 35.2 Å². The molecule has 2 aromatic rings. The third-order valence-electron chi connectivity index (χ3n) is 4.21. The zero-order chi connectivity index (χ0) is 18.9. The van der Waals surface area contributed by atoms with Gasteiger partial charge in [0.15, 0.2) is 5.96 Å². The summed E-state index contributed by atoms with van der Waals surface area (Å²) < 4.78 is 10.6. The maximum atomic E-state index is 5.98. The van der Waals surface area contributed by atoms with Crippen LogP contribution >= 0.6 is 35.6 Å². The number of benzene rings is 1. The van der Waals surface area contributed by atoms with Crippen molar-refractivity contribution in [2.45, 2.75) is 12.8 Å². The summed E-state index contributed by atoms with van der Waals surface area (Å²) in [6.45, 7) is 5.95. The lowest BCUT2D eigenvalue weighted by molar-refractivity contribution is 0.0377. The molecule has 0 aliphatic carbocycles. The van der Waals surface area contributed by atoms with Crippen LogP contribution in [-0.4, -0.2) is 66.9 Å². The summed E-state index contributed by atoms with van der Waals surface area (Å²) in [5.74, 6) is 1.50. The zero-order valence-electron chi connectivity index (χ0n) is 15.6. The predicted octanol–water partition coefficient (Wildman–Crippen LogP) is 2.18. The molecule has 10 heteroatoms. The van der Waals surface area contributed by atoms with E-state index in [1.807, 2.05) is 12.1 Å². The van der Waals surface area contributed by atoms with Gasteiger partial charge in [-0.1, -0.05) is 28.9 Å². The van der Waals surface area contributed by atoms with E-state index in [9.17, 15) is 0 Å². The van der Waals surface area contributed by atoms with E-state index in [4.69, 9.17) is 26.6 Å². The molecule has 1 aliphatic rings. The fourth-order valence-electron chi connectivity index (χ4n) is 2.77. The highest BCUT2D eigenvalue weighted by atomic mass is 127. The summed E-state index contributed by atoms with van der Waals surface area (Å²) in [5, 5.41) is 7.69. The van der Waals surface area contributed by atoms with Gasteiger partial charge in [0.05, 0.1) is 13.2 Å². The minimum absolute atomic E-state index is 0. The Hall–Kier alpha value is -1.43. The molecule has 154 valence electrons. The first-order valence-corrected chi connectivity index (χ1v) is 9.51. The van der Waals surface area contributed by atoms with Crippen molar-refractivity contribution < 1.29 is 9.26 Å². The molecule has 1 saturated heterocycles. The van der Waals surface area contributed by atoms with Crippen molar-refractivity contribution in [3.8, 4) is 11.4 Å². The predicted molar refractivity (Wildman–Crippen MR) is 120 cm³/mol. The van der Waals surface area contributed by atoms with Crippen molar-refractivity contribution in [1.82, 2.24) is 20.4 Å². The normalized spacial score (nSPS) is 15.2. The number of morpholine rings is 1. The van der Waals surface area contributed by atoms with Crippen LogP contribution in [0.5, 0.6) is 0 Å². The Morgan fingerprint density at radius 2 is 2.14 bits per heavy atom. The molecule has 3 rings (SSSR count). The maximum Gasteiger partial charge on any atom is 0.228 e. The second kappa shape index (κ2) is 12.2. The topological polar surface area (TPSA) is 102 Å². The summed E-state index contributed by atoms with van der Waals surface area (Å²) in [4.78, 5) is 11.1. The average Bonchev–Trinajstić information content (AvgIpc) is 3.15. The van der Waals surface area contributed by atoms with Gasteiger partial charge in [-0.25, -0.2) is 0 Å². The van der Waals surface area contributed by atoms with Gasteiger partial charge in [0, 0.05) is 49.7 Å². The van der Waals surface area contributed by atoms with Gasteiger partial charge in [0.1, 0.15) is 0 Å². The van der Waals surface area contributed by atoms with E-state index in [2.05, 4.69) is 25.3 Å². The summed E-state index contributed by atoms with van der Waals surface area (Å²) in [6.07, 6.45) is 1.55. The van der Waals surface area contributed by atoms with Gasteiger partial charge in [-0.15, -0.1) is 24.0 Å². The van der Waals surface area contributed by atoms with E-state index >= 15 is 0 Å². The number of halogens is 2. The lowest BCUT2D eigenvalue weighted by Gasteiger charge is -2.26. The Labute approximate surface area is 186 Å². The third kappa shape index (κ3) is 7.53. The highest BCUT2D eigenvalue weighted by Gasteiger charge is 2.10. The quantitative estimate of drug-likeness (QED) is 0.238. The van der Waals surface area contributed by atoms with Crippen LogP contribution in [0.15, 0.2) is 33.8 Å². The van der Waals surface area contributed by atoms with Crippen LogP contribution in [-0.2, 0) is 11.2 Å². The van der Waals surface area contributed by atoms with Crippen LogP contribution in [0.2, 0.25) is 5.02 Å². The van der Waals surface area contributed by atoms with Gasteiger partial charge < -0.3 is 20.3 Å². The smallest absolute Gasteiger partial charge is 0.228 e. The largest absolute Gasteiger partial charge is 0.379 e. The Morgan fingerprint density at radius 3 is 2.93 bits per heavy atom. The van der Waals surface area contributed by atoms with Gasteiger partial charge in [-0.05, 0) is 18.6 Å². The number of rotatable bonds is 8. The Balaban J connectivity index is 0.00000280. The molecule has 0 atom stereocenters. The van der Waals surface area contributed by atoms with Crippen LogP contribution in [0.4, 0.5) is 0 Å². The lowest BCUT2D eigenvalue weighted by atomic mass is 10.2. The SMILES string of the molecule is I.NC(=NCCCN1CCOCC1)NCCc1nc(-c2cccc(Cl)c2)no1. The summed E-state index contributed by atoms with van der Waals surface area (Å²) >= 11 is 5.98. The second-order valence-electron chi connectivity index (χ2n) is 6.27. The molecule has 0 radical (unpaired) electrons. The molecule has 1 aromatic carbocycles. The van der Waals surface area contributed by atoms with Gasteiger partial charge in [-0.3, -0.25) is 9.89 Å². The van der Waals surface area contributed by atoms with Crippen molar-refractivity contribution in [1.29, 1.82) is 0 Å². The molecule has 0 amide bonds. The third-order valence-corrected chi connectivity index (χ3v) is 4.45. The molecule has 1 aromatic heterocycles. The minimum Gasteiger partial charge on any atom is -0.379 e. The fraction of sp³-hybridized carbons (Fsp3) is 0.500. The molecule has 0 unspecified atom stereocenters. The van der Waals surface area contributed by atoms with E-state index in [1.54, 1.807) is 12.1 Å². The van der Waals surface area contributed by atoms with Gasteiger partial charge in [0.2, 0.25) is 11.7 Å². The van der Waals surface area contributed by atoms with E-state index in [0.29, 0.717) is 42.2 Å². The standard InChI is InChI=1S/C18H25ClN6O2.HI/c19-15-4-1-3-14(13-15)17-23-16(27-24-17)5-7-22-18(20)21-6-2-8-25-9-11-26-12-10-25;/h1,3-4,13H,2,5-12H2,(H3,20,21,22);1H. The molecule has 2 heterocycles. The summed E-state index contributed by atoms with van der Waals surface area (Å²) in [5.41, 5.74) is 6.72. The summed E-state index contributed by atoms with van der Waals surface area (Å²) in [6, 6.07) is 7.35. The number of aromatic nitrogens is 2. The number of nitrogens with two attached hydrogens (primary N) is 1. The first kappa shape index (κ1) is 22.9. The first-order chi connectivity index (χ1) is 13.2. The van der Waals surface area contributed by atoms with Crippen molar-refractivity contribution in [2.24, 2.45) is 10.7 Å². The van der Waals surface area contributed by atoms with Crippen molar-refractivity contribution >= 4 is 41.5 Å². The number of guanidine groups is 1. The Morgan fingerprint density at radius 1 is 1.32 bits per heavy atom. The molecule has 0 bridgehead atoms. The molecule has 3 N–H and O–H groups in total. The fourth-order valence-corrected chi connectivity index (χ4v) is 2.96. The minimum atomic E-state index is 0. The number of hydrogen-bond acceptors (Lipinski definition) is 6. The van der Waals surface area contributed by atoms with Gasteiger partial charge in [-0.2, -0.15) is 4.98 Å². The van der Waals surface area contributed by atoms with Gasteiger partial charge in [0.25, 0.3) is 0 Å². The first-order valence-electron chi connectivity index (χ1n) is 9.13. The Bertz CT molecular complexity index is 751. The highest BCUT2D eigenvalue weighted by molar-refractivity contribution is 14.0. The average molecular weight is 521 g/mol. The number of hydrogen-bond donors (Lipinski definition) is 2. The van der Waals surface area contributed by atoms with E-state index < -0.39 is 0 Å². The van der Waals surface area contributed by atoms with Crippen molar-refractivity contribution in [2.75, 3.05) is 45.9 Å². The van der Waals surface area contributed by atoms with Crippen LogP contribution in [0.25, 0.3) is 11.4 Å². The van der Waals surface area contributed by atoms with Crippen LogP contribution in [0, 0.1) is 0 Å². The molecule has 1 aliphatic heterocycles. The van der Waals surface area contributed by atoms with Crippen LogP contribution < -0.4 is 11.1 Å². The number of nitrogens with one attached hydrogen (secondary N) is 1. The Kier molecular flexibility index (Phi) is 9.96. The molecule has 0 spiro atoms. The zero-order valence-corrected chi connectivity index (χ0v) is 18.7.